The van der Waals surface area contributed by atoms with Crippen molar-refractivity contribution in [2.24, 2.45) is 0 Å². The number of hydrogen-bond donors (Lipinski definition) is 2. The number of alkyl halides is 3. The van der Waals surface area contributed by atoms with Crippen molar-refractivity contribution in [3.8, 4) is 11.5 Å². The summed E-state index contributed by atoms with van der Waals surface area (Å²) in [6.07, 6.45) is -4.32. The molecule has 104 valence electrons. The monoisotopic (exact) mass is 276 g/mol. The van der Waals surface area contributed by atoms with Crippen LogP contribution in [0.15, 0.2) is 12.1 Å². The Morgan fingerprint density at radius 1 is 1.21 bits per heavy atom. The van der Waals surface area contributed by atoms with Gasteiger partial charge in [0.25, 0.3) is 0 Å². The topological polar surface area (TPSA) is 73.6 Å². The molecule has 0 aromatic heterocycles. The third-order valence-corrected chi connectivity index (χ3v) is 2.43. The summed E-state index contributed by atoms with van der Waals surface area (Å²) >= 11 is 0. The second-order valence-electron chi connectivity index (χ2n) is 3.89. The summed E-state index contributed by atoms with van der Waals surface area (Å²) in [6.45, 7) is 0.810. The van der Waals surface area contributed by atoms with Crippen LogP contribution in [0.4, 0.5) is 24.5 Å². The molecule has 5 nitrogen and oxygen atoms in total. The lowest BCUT2D eigenvalue weighted by molar-refractivity contribution is -0.167. The molecule has 3 N–H and O–H groups in total. The first kappa shape index (κ1) is 13.3. The maximum absolute atomic E-state index is 12.2. The summed E-state index contributed by atoms with van der Waals surface area (Å²) in [5, 5.41) is 1.70. The molecule has 2 rings (SSSR count). The van der Waals surface area contributed by atoms with E-state index in [-0.39, 0.29) is 17.1 Å². The Hall–Kier alpha value is -2.12. The number of hydrogen-bond acceptors (Lipinski definition) is 4. The van der Waals surface area contributed by atoms with E-state index >= 15 is 0 Å². The van der Waals surface area contributed by atoms with Gasteiger partial charge in [-0.05, 0) is 0 Å². The Bertz CT molecular complexity index is 503. The molecular formula is C11H11F3N2O3. The van der Waals surface area contributed by atoms with E-state index in [9.17, 15) is 18.0 Å². The van der Waals surface area contributed by atoms with Crippen LogP contribution >= 0.6 is 0 Å². The van der Waals surface area contributed by atoms with Crippen LogP contribution in [0.25, 0.3) is 0 Å². The van der Waals surface area contributed by atoms with Gasteiger partial charge in [-0.2, -0.15) is 13.2 Å². The standard InChI is InChI=1S/C11H11F3N2O3/c12-11(13,14)10(17)16-7-5-9-8(4-6(7)15)18-2-1-3-19-9/h4-5H,1-3,15H2,(H,16,17). The molecule has 19 heavy (non-hydrogen) atoms. The highest BCUT2D eigenvalue weighted by molar-refractivity contribution is 5.98. The fourth-order valence-corrected chi connectivity index (χ4v) is 1.53. The number of nitrogens with one attached hydrogen (secondary N) is 1. The van der Waals surface area contributed by atoms with Crippen LogP contribution in [0.5, 0.6) is 11.5 Å². The smallest absolute Gasteiger partial charge is 0.471 e. The van der Waals surface area contributed by atoms with Gasteiger partial charge in [0.05, 0.1) is 24.6 Å². The van der Waals surface area contributed by atoms with Gasteiger partial charge < -0.3 is 20.5 Å². The average molecular weight is 276 g/mol. The quantitative estimate of drug-likeness (QED) is 0.769. The second-order valence-corrected chi connectivity index (χ2v) is 3.89. The van der Waals surface area contributed by atoms with Crippen molar-refractivity contribution >= 4 is 17.3 Å². The summed E-state index contributed by atoms with van der Waals surface area (Å²) in [5.74, 6) is -1.49. The van der Waals surface area contributed by atoms with Crippen molar-refractivity contribution in [2.45, 2.75) is 12.6 Å². The number of carbonyl (C=O) groups is 1. The number of amides is 1. The predicted molar refractivity (Wildman–Crippen MR) is 61.1 cm³/mol. The van der Waals surface area contributed by atoms with Gasteiger partial charge >= 0.3 is 12.1 Å². The summed E-state index contributed by atoms with van der Waals surface area (Å²) in [5.41, 5.74) is 5.38. The number of nitrogens with two attached hydrogens (primary N) is 1. The highest BCUT2D eigenvalue weighted by atomic mass is 19.4. The lowest BCUT2D eigenvalue weighted by Crippen LogP contribution is -2.30. The molecule has 0 unspecified atom stereocenters. The van der Waals surface area contributed by atoms with Crippen molar-refractivity contribution < 1.29 is 27.4 Å². The molecule has 1 amide bonds. The van der Waals surface area contributed by atoms with Crippen LogP contribution in [0, 0.1) is 0 Å². The number of carbonyl (C=O) groups excluding carboxylic acids is 1. The Morgan fingerprint density at radius 2 is 1.79 bits per heavy atom. The third-order valence-electron chi connectivity index (χ3n) is 2.43. The first-order chi connectivity index (χ1) is 8.88. The van der Waals surface area contributed by atoms with Gasteiger partial charge in [0.15, 0.2) is 11.5 Å². The zero-order valence-electron chi connectivity index (χ0n) is 9.71. The molecule has 1 heterocycles. The van der Waals surface area contributed by atoms with E-state index < -0.39 is 12.1 Å². The first-order valence-corrected chi connectivity index (χ1v) is 5.45. The highest BCUT2D eigenvalue weighted by Crippen LogP contribution is 2.37. The predicted octanol–water partition coefficient (Wildman–Crippen LogP) is 1.93. The molecule has 0 spiro atoms. The van der Waals surface area contributed by atoms with Gasteiger partial charge in [0.1, 0.15) is 0 Å². The minimum atomic E-state index is -4.98. The van der Waals surface area contributed by atoms with E-state index in [0.717, 1.165) is 0 Å². The van der Waals surface area contributed by atoms with E-state index in [4.69, 9.17) is 15.2 Å². The molecule has 0 saturated carbocycles. The molecule has 0 saturated heterocycles. The lowest BCUT2D eigenvalue weighted by atomic mass is 10.2. The molecule has 1 aromatic rings. The van der Waals surface area contributed by atoms with Crippen LogP contribution in [-0.2, 0) is 4.79 Å². The number of halogens is 3. The summed E-state index contributed by atoms with van der Waals surface area (Å²) in [6, 6.07) is 2.55. The molecule has 1 aromatic carbocycles. The van der Waals surface area contributed by atoms with E-state index in [2.05, 4.69) is 0 Å². The van der Waals surface area contributed by atoms with Crippen molar-refractivity contribution in [1.82, 2.24) is 0 Å². The van der Waals surface area contributed by atoms with Crippen LogP contribution < -0.4 is 20.5 Å². The number of rotatable bonds is 1. The van der Waals surface area contributed by atoms with E-state index in [0.29, 0.717) is 25.4 Å². The number of fused-ring (bicyclic) bond motifs is 1. The Kier molecular flexibility index (Phi) is 3.41. The van der Waals surface area contributed by atoms with E-state index in [1.165, 1.54) is 12.1 Å². The van der Waals surface area contributed by atoms with Crippen molar-refractivity contribution in [3.63, 3.8) is 0 Å². The van der Waals surface area contributed by atoms with E-state index in [1.807, 2.05) is 0 Å². The Morgan fingerprint density at radius 3 is 2.37 bits per heavy atom. The van der Waals surface area contributed by atoms with Gasteiger partial charge in [-0.15, -0.1) is 0 Å². The van der Waals surface area contributed by atoms with E-state index in [1.54, 1.807) is 5.32 Å². The fraction of sp³-hybridized carbons (Fsp3) is 0.364. The maximum Gasteiger partial charge on any atom is 0.471 e. The lowest BCUT2D eigenvalue weighted by Gasteiger charge is -2.14. The highest BCUT2D eigenvalue weighted by Gasteiger charge is 2.39. The maximum atomic E-state index is 12.2. The van der Waals surface area contributed by atoms with Gasteiger partial charge in [0, 0.05) is 18.6 Å². The Labute approximate surface area is 106 Å². The van der Waals surface area contributed by atoms with Crippen molar-refractivity contribution in [3.05, 3.63) is 12.1 Å². The average Bonchev–Trinajstić information content (AvgIpc) is 2.53. The number of ether oxygens (including phenoxy) is 2. The SMILES string of the molecule is Nc1cc2c(cc1NC(=O)C(F)(F)F)OCCCO2. The second kappa shape index (κ2) is 4.87. The largest absolute Gasteiger partial charge is 0.489 e. The summed E-state index contributed by atoms with van der Waals surface area (Å²) in [7, 11) is 0. The number of nitrogen functional groups attached to an aromatic ring is 1. The molecule has 8 heteroatoms. The van der Waals surface area contributed by atoms with Gasteiger partial charge in [0.2, 0.25) is 0 Å². The molecular weight excluding hydrogens is 265 g/mol. The number of benzene rings is 1. The molecule has 0 radical (unpaired) electrons. The zero-order valence-corrected chi connectivity index (χ0v) is 9.71. The van der Waals surface area contributed by atoms with Crippen LogP contribution in [-0.4, -0.2) is 25.3 Å². The summed E-state index contributed by atoms with van der Waals surface area (Å²) < 4.78 is 47.1. The normalized spacial score (nSPS) is 14.7. The molecule has 0 atom stereocenters. The van der Waals surface area contributed by atoms with Gasteiger partial charge in [-0.1, -0.05) is 0 Å². The molecule has 1 aliphatic rings. The fourth-order valence-electron chi connectivity index (χ4n) is 1.53. The van der Waals surface area contributed by atoms with Gasteiger partial charge in [-0.25, -0.2) is 0 Å². The zero-order chi connectivity index (χ0) is 14.0. The molecule has 0 aliphatic carbocycles. The van der Waals surface area contributed by atoms with Crippen molar-refractivity contribution in [1.29, 1.82) is 0 Å². The van der Waals surface area contributed by atoms with Crippen LogP contribution in [0.1, 0.15) is 6.42 Å². The van der Waals surface area contributed by atoms with Gasteiger partial charge in [-0.3, -0.25) is 4.79 Å². The molecule has 1 aliphatic heterocycles. The number of anilines is 2. The van der Waals surface area contributed by atoms with Crippen LogP contribution in [0.3, 0.4) is 0 Å². The molecule has 0 fully saturated rings. The van der Waals surface area contributed by atoms with Crippen molar-refractivity contribution in [2.75, 3.05) is 24.3 Å². The van der Waals surface area contributed by atoms with Crippen LogP contribution in [0.2, 0.25) is 0 Å². The minimum Gasteiger partial charge on any atom is -0.489 e. The Balaban J connectivity index is 2.27. The molecule has 0 bridgehead atoms. The summed E-state index contributed by atoms with van der Waals surface area (Å²) in [4.78, 5) is 10.9. The third kappa shape index (κ3) is 3.01. The first-order valence-electron chi connectivity index (χ1n) is 5.45. The minimum absolute atomic E-state index is 0.0261.